The number of benzene rings is 2. The zero-order valence-electron chi connectivity index (χ0n) is 13.5. The number of hydrogen-bond acceptors (Lipinski definition) is 3. The van der Waals surface area contributed by atoms with E-state index in [1.165, 1.54) is 6.07 Å². The van der Waals surface area contributed by atoms with E-state index in [-0.39, 0.29) is 11.3 Å². The van der Waals surface area contributed by atoms with Crippen LogP contribution in [-0.2, 0) is 10.2 Å². The monoisotopic (exact) mass is 359 g/mol. The van der Waals surface area contributed by atoms with E-state index in [1.54, 1.807) is 18.2 Å². The van der Waals surface area contributed by atoms with E-state index in [9.17, 15) is 9.59 Å². The summed E-state index contributed by atoms with van der Waals surface area (Å²) in [6.07, 6.45) is 1.97. The van der Waals surface area contributed by atoms with Crippen molar-refractivity contribution in [3.8, 4) is 5.75 Å². The normalized spacial score (nSPS) is 14.6. The second kappa shape index (κ2) is 7.15. The number of nitrogens with one attached hydrogen (secondary N) is 1. The van der Waals surface area contributed by atoms with Gasteiger partial charge in [0.15, 0.2) is 6.61 Å². The van der Waals surface area contributed by atoms with Crippen molar-refractivity contribution >= 4 is 23.5 Å². The molecule has 1 aliphatic carbocycles. The predicted octanol–water partition coefficient (Wildman–Crippen LogP) is 3.27. The summed E-state index contributed by atoms with van der Waals surface area (Å²) in [5.74, 6) is -0.938. The van der Waals surface area contributed by atoms with Gasteiger partial charge in [-0.3, -0.25) is 4.79 Å². The Morgan fingerprint density at radius 3 is 2.60 bits per heavy atom. The summed E-state index contributed by atoms with van der Waals surface area (Å²) in [5, 5.41) is 12.3. The van der Waals surface area contributed by atoms with E-state index in [0.29, 0.717) is 17.9 Å². The van der Waals surface area contributed by atoms with Crippen molar-refractivity contribution in [3.63, 3.8) is 0 Å². The first-order chi connectivity index (χ1) is 12.0. The van der Waals surface area contributed by atoms with Crippen LogP contribution in [0.2, 0.25) is 5.02 Å². The van der Waals surface area contributed by atoms with Crippen molar-refractivity contribution in [3.05, 3.63) is 64.7 Å². The van der Waals surface area contributed by atoms with Gasteiger partial charge in [-0.05, 0) is 42.7 Å². The molecule has 2 N–H and O–H groups in total. The smallest absolute Gasteiger partial charge is 0.341 e. The van der Waals surface area contributed by atoms with Crippen molar-refractivity contribution in [2.45, 2.75) is 18.3 Å². The summed E-state index contributed by atoms with van der Waals surface area (Å²) in [7, 11) is 0. The molecule has 0 atom stereocenters. The lowest BCUT2D eigenvalue weighted by Gasteiger charge is -2.18. The van der Waals surface area contributed by atoms with Crippen LogP contribution < -0.4 is 10.1 Å². The molecule has 0 aromatic heterocycles. The molecule has 3 rings (SSSR count). The second-order valence-electron chi connectivity index (χ2n) is 6.15. The minimum absolute atomic E-state index is 0.0918. The number of carboxylic acids is 1. The first kappa shape index (κ1) is 17.3. The van der Waals surface area contributed by atoms with Crippen LogP contribution in [-0.4, -0.2) is 30.1 Å². The van der Waals surface area contributed by atoms with Crippen molar-refractivity contribution in [1.29, 1.82) is 0 Å². The topological polar surface area (TPSA) is 75.6 Å². The Hall–Kier alpha value is -2.53. The van der Waals surface area contributed by atoms with Gasteiger partial charge in [0.05, 0.1) is 0 Å². The first-order valence-electron chi connectivity index (χ1n) is 7.98. The summed E-state index contributed by atoms with van der Waals surface area (Å²) in [4.78, 5) is 23.0. The van der Waals surface area contributed by atoms with E-state index >= 15 is 0 Å². The Labute approximate surface area is 150 Å². The highest BCUT2D eigenvalue weighted by atomic mass is 35.5. The van der Waals surface area contributed by atoms with E-state index in [4.69, 9.17) is 21.4 Å². The maximum atomic E-state index is 12.4. The Morgan fingerprint density at radius 2 is 1.92 bits per heavy atom. The van der Waals surface area contributed by atoms with Gasteiger partial charge in [-0.2, -0.15) is 0 Å². The third-order valence-electron chi connectivity index (χ3n) is 4.34. The van der Waals surface area contributed by atoms with Crippen LogP contribution in [0, 0.1) is 0 Å². The average Bonchev–Trinajstić information content (AvgIpc) is 3.39. The molecule has 25 heavy (non-hydrogen) atoms. The van der Waals surface area contributed by atoms with E-state index in [2.05, 4.69) is 5.32 Å². The van der Waals surface area contributed by atoms with Crippen LogP contribution in [0.5, 0.6) is 5.75 Å². The highest BCUT2D eigenvalue weighted by molar-refractivity contribution is 6.31. The van der Waals surface area contributed by atoms with Gasteiger partial charge >= 0.3 is 5.97 Å². The van der Waals surface area contributed by atoms with Gasteiger partial charge in [-0.25, -0.2) is 4.79 Å². The second-order valence-corrected chi connectivity index (χ2v) is 6.56. The molecule has 0 unspecified atom stereocenters. The molecule has 0 bridgehead atoms. The summed E-state index contributed by atoms with van der Waals surface area (Å²) in [6.45, 7) is 0.0659. The molecule has 0 saturated heterocycles. The number of hydrogen-bond donors (Lipinski definition) is 2. The van der Waals surface area contributed by atoms with Gasteiger partial charge in [0, 0.05) is 22.5 Å². The van der Waals surface area contributed by atoms with Crippen LogP contribution in [0.15, 0.2) is 48.5 Å². The molecular weight excluding hydrogens is 342 g/mol. The standard InChI is InChI=1S/C19H18ClNO4/c20-16-7-2-1-6-15(16)19(8-9-19)12-21-18(24)13-4-3-5-14(10-13)25-11-17(22)23/h1-7,10H,8-9,11-12H2,(H,21,24)(H,22,23). The lowest BCUT2D eigenvalue weighted by atomic mass is 9.95. The minimum atomic E-state index is -1.06. The largest absolute Gasteiger partial charge is 0.482 e. The summed E-state index contributed by atoms with van der Waals surface area (Å²) in [6, 6.07) is 14.2. The SMILES string of the molecule is O=C(O)COc1cccc(C(=O)NCC2(c3ccccc3Cl)CC2)c1. The number of carbonyl (C=O) groups excluding carboxylic acids is 1. The number of halogens is 1. The number of amides is 1. The van der Waals surface area contributed by atoms with Crippen molar-refractivity contribution in [2.24, 2.45) is 0 Å². The highest BCUT2D eigenvalue weighted by Crippen LogP contribution is 2.49. The van der Waals surface area contributed by atoms with Gasteiger partial charge in [-0.1, -0.05) is 35.9 Å². The molecule has 6 heteroatoms. The molecular formula is C19H18ClNO4. The minimum Gasteiger partial charge on any atom is -0.482 e. The third kappa shape index (κ3) is 4.12. The van der Waals surface area contributed by atoms with Gasteiger partial charge in [0.25, 0.3) is 5.91 Å². The van der Waals surface area contributed by atoms with Crippen LogP contribution >= 0.6 is 11.6 Å². The summed E-state index contributed by atoms with van der Waals surface area (Å²) < 4.78 is 5.10. The van der Waals surface area contributed by atoms with Crippen LogP contribution in [0.25, 0.3) is 0 Å². The fourth-order valence-electron chi connectivity index (χ4n) is 2.81. The number of aliphatic carboxylic acids is 1. The zero-order valence-corrected chi connectivity index (χ0v) is 14.3. The zero-order chi connectivity index (χ0) is 17.9. The van der Waals surface area contributed by atoms with E-state index in [0.717, 1.165) is 23.4 Å². The summed E-state index contributed by atoms with van der Waals surface area (Å²) in [5.41, 5.74) is 1.40. The lowest BCUT2D eigenvalue weighted by Crippen LogP contribution is -2.32. The molecule has 5 nitrogen and oxygen atoms in total. The molecule has 1 fully saturated rings. The predicted molar refractivity (Wildman–Crippen MR) is 94.3 cm³/mol. The average molecular weight is 360 g/mol. The van der Waals surface area contributed by atoms with Crippen LogP contribution in [0.4, 0.5) is 0 Å². The Kier molecular flexibility index (Phi) is 4.95. The molecule has 0 heterocycles. The van der Waals surface area contributed by atoms with E-state index < -0.39 is 12.6 Å². The number of carbonyl (C=O) groups is 2. The molecule has 2 aromatic rings. The fraction of sp³-hybridized carbons (Fsp3) is 0.263. The van der Waals surface area contributed by atoms with E-state index in [1.807, 2.05) is 24.3 Å². The van der Waals surface area contributed by atoms with Gasteiger partial charge in [0.2, 0.25) is 0 Å². The van der Waals surface area contributed by atoms with Crippen molar-refractivity contribution in [1.82, 2.24) is 5.32 Å². The van der Waals surface area contributed by atoms with Gasteiger partial charge in [-0.15, -0.1) is 0 Å². The Morgan fingerprint density at radius 1 is 1.16 bits per heavy atom. The highest BCUT2D eigenvalue weighted by Gasteiger charge is 2.45. The molecule has 0 radical (unpaired) electrons. The molecule has 1 saturated carbocycles. The van der Waals surface area contributed by atoms with Crippen molar-refractivity contribution < 1.29 is 19.4 Å². The van der Waals surface area contributed by atoms with Crippen molar-refractivity contribution in [2.75, 3.05) is 13.2 Å². The molecule has 0 spiro atoms. The third-order valence-corrected chi connectivity index (χ3v) is 4.67. The number of carboxylic acid groups (broad SMARTS) is 1. The summed E-state index contributed by atoms with van der Waals surface area (Å²) >= 11 is 6.28. The molecule has 0 aliphatic heterocycles. The molecule has 1 aliphatic rings. The van der Waals surface area contributed by atoms with Gasteiger partial charge < -0.3 is 15.2 Å². The maximum absolute atomic E-state index is 12.4. The fourth-order valence-corrected chi connectivity index (χ4v) is 3.14. The molecule has 1 amide bonds. The number of ether oxygens (including phenoxy) is 1. The molecule has 2 aromatic carbocycles. The van der Waals surface area contributed by atoms with Crippen LogP contribution in [0.1, 0.15) is 28.8 Å². The molecule has 130 valence electrons. The first-order valence-corrected chi connectivity index (χ1v) is 8.36. The quantitative estimate of drug-likeness (QED) is 0.795. The lowest BCUT2D eigenvalue weighted by molar-refractivity contribution is -0.139. The van der Waals surface area contributed by atoms with Crippen LogP contribution in [0.3, 0.4) is 0 Å². The maximum Gasteiger partial charge on any atom is 0.341 e. The Bertz CT molecular complexity index is 802. The van der Waals surface area contributed by atoms with Gasteiger partial charge in [0.1, 0.15) is 5.75 Å². The number of rotatable bonds is 7. The Balaban J connectivity index is 1.64.